The van der Waals surface area contributed by atoms with Gasteiger partial charge in [0.05, 0.1) is 18.0 Å². The van der Waals surface area contributed by atoms with Crippen molar-refractivity contribution >= 4 is 11.6 Å². The minimum Gasteiger partial charge on any atom is -0.489 e. The van der Waals surface area contributed by atoms with E-state index in [-0.39, 0.29) is 28.6 Å². The van der Waals surface area contributed by atoms with Gasteiger partial charge in [0.15, 0.2) is 53.6 Å². The van der Waals surface area contributed by atoms with E-state index < -0.39 is 37.5 Å². The van der Waals surface area contributed by atoms with Gasteiger partial charge in [-0.25, -0.2) is 0 Å². The van der Waals surface area contributed by atoms with Crippen LogP contribution in [-0.4, -0.2) is 53.0 Å². The Kier molecular flexibility index (Phi) is 12.1. The van der Waals surface area contributed by atoms with Crippen LogP contribution in [0.25, 0.3) is 22.5 Å². The summed E-state index contributed by atoms with van der Waals surface area (Å²) >= 11 is 0. The molecule has 1 fully saturated rings. The molecule has 2 heterocycles. The number of benzene rings is 2. The lowest BCUT2D eigenvalue weighted by Gasteiger charge is -2.14. The largest absolute Gasteiger partial charge is 0.489 e. The van der Waals surface area contributed by atoms with E-state index in [1.165, 1.54) is 24.3 Å². The minimum atomic E-state index is -4.65. The number of hydrogen-bond donors (Lipinski definition) is 2. The predicted octanol–water partition coefficient (Wildman–Crippen LogP) is 7.01. The molecule has 2 aromatic heterocycles. The quantitative estimate of drug-likeness (QED) is 0.0840. The van der Waals surface area contributed by atoms with Gasteiger partial charge in [0.25, 0.3) is 0 Å². The number of aromatic nitrogens is 4. The number of anilines is 2. The van der Waals surface area contributed by atoms with Gasteiger partial charge in [0.1, 0.15) is 0 Å². The molecule has 0 spiro atoms. The molecule has 4 aromatic rings. The molecular formula is C30H23F7N8O4. The zero-order chi connectivity index (χ0) is 35.4. The van der Waals surface area contributed by atoms with Crippen molar-refractivity contribution in [2.45, 2.75) is 32.2 Å². The van der Waals surface area contributed by atoms with Crippen LogP contribution in [0.4, 0.5) is 42.4 Å². The van der Waals surface area contributed by atoms with Crippen molar-refractivity contribution in [1.82, 2.24) is 20.4 Å². The summed E-state index contributed by atoms with van der Waals surface area (Å²) in [7, 11) is 0. The Balaban J connectivity index is 0.000000221. The maximum absolute atomic E-state index is 12.6. The highest BCUT2D eigenvalue weighted by atomic mass is 19.4. The topological polar surface area (TPSA) is 160 Å². The normalized spacial score (nSPS) is 12.2. The van der Waals surface area contributed by atoms with E-state index in [4.69, 9.17) is 15.3 Å². The Morgan fingerprint density at radius 2 is 1.18 bits per heavy atom. The Morgan fingerprint density at radius 1 is 0.673 bits per heavy atom. The molecule has 0 bridgehead atoms. The number of alkyl halides is 7. The number of nitriles is 2. The van der Waals surface area contributed by atoms with Crippen molar-refractivity contribution in [3.05, 3.63) is 60.7 Å². The zero-order valence-electron chi connectivity index (χ0n) is 24.8. The number of halogens is 7. The second kappa shape index (κ2) is 16.6. The van der Waals surface area contributed by atoms with E-state index in [0.717, 1.165) is 25.0 Å². The SMILES string of the molecule is N#CNc1ccc(-c2ccc(OC(F)F)c(OCC(F)(F)F)c2)nn1.N#CNc1ccc(-c2ccc(OCC3CC3)c(OC(F)F)c2)nn1. The first-order chi connectivity index (χ1) is 23.4. The van der Waals surface area contributed by atoms with Crippen molar-refractivity contribution in [3.8, 4) is 57.9 Å². The molecule has 0 unspecified atom stereocenters. The average Bonchev–Trinajstić information content (AvgIpc) is 3.89. The standard InChI is InChI=1S/C16H14F2N4O2.C14H9F5N4O2/c17-16(18)24-14-7-11(3-5-13(14)23-8-10-1-2-10)12-4-6-15(20-9-19)22-21-12;15-13(16)25-10-3-1-8(5-11(10)24-6-14(17,18)19)9-2-4-12(21-7-20)23-22-9/h3-7,10,16H,1-2,8H2,(H,20,22);1-5,13H,6H2,(H,21,23). The highest BCUT2D eigenvalue weighted by Gasteiger charge is 2.29. The van der Waals surface area contributed by atoms with E-state index >= 15 is 0 Å². The number of rotatable bonds is 13. The molecule has 2 N–H and O–H groups in total. The lowest BCUT2D eigenvalue weighted by molar-refractivity contribution is -0.154. The number of hydrogen-bond acceptors (Lipinski definition) is 12. The van der Waals surface area contributed by atoms with Crippen molar-refractivity contribution in [3.63, 3.8) is 0 Å². The first-order valence-corrected chi connectivity index (χ1v) is 13.9. The van der Waals surface area contributed by atoms with Gasteiger partial charge < -0.3 is 18.9 Å². The fraction of sp³-hybridized carbons (Fsp3) is 0.267. The van der Waals surface area contributed by atoms with Gasteiger partial charge >= 0.3 is 19.4 Å². The molecule has 1 aliphatic rings. The Labute approximate surface area is 273 Å². The van der Waals surface area contributed by atoms with Crippen LogP contribution in [-0.2, 0) is 0 Å². The summed E-state index contributed by atoms with van der Waals surface area (Å²) in [4.78, 5) is 0. The molecule has 1 aliphatic carbocycles. The molecule has 0 saturated heterocycles. The van der Waals surface area contributed by atoms with Crippen molar-refractivity contribution in [2.24, 2.45) is 5.92 Å². The molecular weight excluding hydrogens is 669 g/mol. The molecule has 0 aliphatic heterocycles. The fourth-order valence-electron chi connectivity index (χ4n) is 3.82. The third-order valence-corrected chi connectivity index (χ3v) is 6.17. The van der Waals surface area contributed by atoms with Gasteiger partial charge in [-0.15, -0.1) is 20.4 Å². The smallest absolute Gasteiger partial charge is 0.422 e. The highest BCUT2D eigenvalue weighted by molar-refractivity contribution is 5.65. The molecule has 2 aromatic carbocycles. The first-order valence-electron chi connectivity index (χ1n) is 13.9. The van der Waals surface area contributed by atoms with Gasteiger partial charge in [0.2, 0.25) is 0 Å². The van der Waals surface area contributed by atoms with Crippen LogP contribution in [0.15, 0.2) is 60.7 Å². The molecule has 19 heteroatoms. The lowest BCUT2D eigenvalue weighted by atomic mass is 10.1. The molecule has 49 heavy (non-hydrogen) atoms. The van der Waals surface area contributed by atoms with Crippen LogP contribution in [0, 0.1) is 28.8 Å². The van der Waals surface area contributed by atoms with E-state index in [1.54, 1.807) is 36.7 Å². The summed E-state index contributed by atoms with van der Waals surface area (Å²) in [6.07, 6.45) is 0.927. The molecule has 0 amide bonds. The molecule has 1 saturated carbocycles. The van der Waals surface area contributed by atoms with Gasteiger partial charge in [-0.1, -0.05) is 0 Å². The summed E-state index contributed by atoms with van der Waals surface area (Å²) < 4.78 is 106. The summed E-state index contributed by atoms with van der Waals surface area (Å²) in [5.74, 6) is 0.142. The van der Waals surface area contributed by atoms with Crippen LogP contribution < -0.4 is 29.6 Å². The van der Waals surface area contributed by atoms with Crippen molar-refractivity contribution in [2.75, 3.05) is 23.8 Å². The molecule has 12 nitrogen and oxygen atoms in total. The zero-order valence-corrected chi connectivity index (χ0v) is 24.8. The van der Waals surface area contributed by atoms with Gasteiger partial charge in [-0.05, 0) is 79.4 Å². The van der Waals surface area contributed by atoms with Crippen molar-refractivity contribution < 1.29 is 49.7 Å². The van der Waals surface area contributed by atoms with Crippen LogP contribution in [0.2, 0.25) is 0 Å². The summed E-state index contributed by atoms with van der Waals surface area (Å²) in [6, 6.07) is 14.2. The van der Waals surface area contributed by atoms with E-state index in [0.29, 0.717) is 29.6 Å². The predicted molar refractivity (Wildman–Crippen MR) is 156 cm³/mol. The molecule has 0 atom stereocenters. The second-order valence-electron chi connectivity index (χ2n) is 9.82. The van der Waals surface area contributed by atoms with Crippen LogP contribution >= 0.6 is 0 Å². The van der Waals surface area contributed by atoms with Crippen LogP contribution in [0.1, 0.15) is 12.8 Å². The van der Waals surface area contributed by atoms with Gasteiger partial charge in [-0.3, -0.25) is 10.6 Å². The monoisotopic (exact) mass is 692 g/mol. The van der Waals surface area contributed by atoms with Gasteiger partial charge in [0, 0.05) is 11.1 Å². The molecule has 256 valence electrons. The number of ether oxygens (including phenoxy) is 4. The third kappa shape index (κ3) is 11.6. The highest BCUT2D eigenvalue weighted by Crippen LogP contribution is 2.37. The van der Waals surface area contributed by atoms with E-state index in [2.05, 4.69) is 45.2 Å². The number of nitrogens with one attached hydrogen (secondary N) is 2. The molecule has 5 rings (SSSR count). The van der Waals surface area contributed by atoms with Crippen LogP contribution in [0.3, 0.4) is 0 Å². The van der Waals surface area contributed by atoms with E-state index in [1.807, 2.05) is 0 Å². The Hall–Kier alpha value is -6.11. The van der Waals surface area contributed by atoms with Gasteiger partial charge in [-0.2, -0.15) is 41.3 Å². The summed E-state index contributed by atoms with van der Waals surface area (Å²) in [5.41, 5.74) is 1.51. The number of nitrogens with zero attached hydrogens (tertiary/aromatic N) is 6. The molecule has 0 radical (unpaired) electrons. The third-order valence-electron chi connectivity index (χ3n) is 6.17. The average molecular weight is 693 g/mol. The summed E-state index contributed by atoms with van der Waals surface area (Å²) in [5, 5.41) is 36.8. The Bertz CT molecular complexity index is 1760. The lowest BCUT2D eigenvalue weighted by Crippen LogP contribution is -2.19. The second-order valence-corrected chi connectivity index (χ2v) is 9.82. The summed E-state index contributed by atoms with van der Waals surface area (Å²) in [6.45, 7) is -7.35. The fourth-order valence-corrected chi connectivity index (χ4v) is 3.82. The Morgan fingerprint density at radius 3 is 1.63 bits per heavy atom. The maximum atomic E-state index is 12.6. The van der Waals surface area contributed by atoms with Crippen molar-refractivity contribution in [1.29, 1.82) is 10.5 Å². The first kappa shape index (κ1) is 35.7. The van der Waals surface area contributed by atoms with Crippen LogP contribution in [0.5, 0.6) is 23.0 Å². The minimum absolute atomic E-state index is 0.0378. The maximum Gasteiger partial charge on any atom is 0.422 e. The van der Waals surface area contributed by atoms with E-state index in [9.17, 15) is 30.7 Å².